The van der Waals surface area contributed by atoms with Gasteiger partial charge in [0.15, 0.2) is 0 Å². The molecule has 0 aliphatic rings. The van der Waals surface area contributed by atoms with Gasteiger partial charge in [0.25, 0.3) is 0 Å². The van der Waals surface area contributed by atoms with Crippen LogP contribution in [-0.2, 0) is 0 Å². The Morgan fingerprint density at radius 3 is 2.40 bits per heavy atom. The molecule has 1 N–H and O–H groups in total. The SMILES string of the molecule is CCCNC(COc1ccccc1)c1ccc(Cl)cc1. The maximum absolute atomic E-state index is 5.94. The van der Waals surface area contributed by atoms with Crippen molar-refractivity contribution in [3.8, 4) is 5.75 Å². The smallest absolute Gasteiger partial charge is 0.119 e. The lowest BCUT2D eigenvalue weighted by Gasteiger charge is -2.19. The van der Waals surface area contributed by atoms with E-state index in [0.717, 1.165) is 23.7 Å². The van der Waals surface area contributed by atoms with E-state index in [4.69, 9.17) is 16.3 Å². The molecule has 1 unspecified atom stereocenters. The molecule has 20 heavy (non-hydrogen) atoms. The molecule has 2 aromatic rings. The molecule has 0 aliphatic carbocycles. The van der Waals surface area contributed by atoms with Crippen molar-refractivity contribution in [2.75, 3.05) is 13.2 Å². The molecular formula is C17H20ClNO. The summed E-state index contributed by atoms with van der Waals surface area (Å²) in [5.74, 6) is 0.893. The monoisotopic (exact) mass is 289 g/mol. The lowest BCUT2D eigenvalue weighted by Crippen LogP contribution is -2.27. The maximum Gasteiger partial charge on any atom is 0.119 e. The molecule has 0 saturated carbocycles. The van der Waals surface area contributed by atoms with Crippen LogP contribution in [0.1, 0.15) is 24.9 Å². The first-order valence-corrected chi connectivity index (χ1v) is 7.34. The van der Waals surface area contributed by atoms with E-state index in [2.05, 4.69) is 12.2 Å². The molecule has 0 fully saturated rings. The number of halogens is 1. The molecule has 2 aromatic carbocycles. The van der Waals surface area contributed by atoms with Gasteiger partial charge in [-0.2, -0.15) is 0 Å². The molecule has 2 rings (SSSR count). The average molecular weight is 290 g/mol. The first kappa shape index (κ1) is 14.9. The molecule has 2 nitrogen and oxygen atoms in total. The highest BCUT2D eigenvalue weighted by Crippen LogP contribution is 2.18. The summed E-state index contributed by atoms with van der Waals surface area (Å²) in [5, 5.41) is 4.26. The van der Waals surface area contributed by atoms with Crippen molar-refractivity contribution in [1.29, 1.82) is 0 Å². The van der Waals surface area contributed by atoms with Crippen LogP contribution in [-0.4, -0.2) is 13.2 Å². The topological polar surface area (TPSA) is 21.3 Å². The van der Waals surface area contributed by atoms with E-state index in [1.165, 1.54) is 5.56 Å². The largest absolute Gasteiger partial charge is 0.492 e. The normalized spacial score (nSPS) is 12.1. The fourth-order valence-electron chi connectivity index (χ4n) is 1.98. The van der Waals surface area contributed by atoms with Crippen LogP contribution in [0.3, 0.4) is 0 Å². The van der Waals surface area contributed by atoms with Gasteiger partial charge in [0, 0.05) is 5.02 Å². The van der Waals surface area contributed by atoms with Crippen LogP contribution in [0.2, 0.25) is 5.02 Å². The van der Waals surface area contributed by atoms with Gasteiger partial charge in [-0.3, -0.25) is 0 Å². The number of hydrogen-bond acceptors (Lipinski definition) is 2. The van der Waals surface area contributed by atoms with Crippen molar-refractivity contribution in [2.45, 2.75) is 19.4 Å². The van der Waals surface area contributed by atoms with Crippen molar-refractivity contribution in [3.05, 3.63) is 65.2 Å². The molecule has 106 valence electrons. The molecule has 1 atom stereocenters. The number of ether oxygens (including phenoxy) is 1. The van der Waals surface area contributed by atoms with Gasteiger partial charge in [-0.15, -0.1) is 0 Å². The first-order valence-electron chi connectivity index (χ1n) is 6.96. The van der Waals surface area contributed by atoms with Gasteiger partial charge < -0.3 is 10.1 Å². The second-order valence-corrected chi connectivity index (χ2v) is 5.12. The Morgan fingerprint density at radius 2 is 1.75 bits per heavy atom. The number of rotatable bonds is 7. The third kappa shape index (κ3) is 4.55. The Bertz CT molecular complexity index is 498. The van der Waals surface area contributed by atoms with Crippen LogP contribution in [0.15, 0.2) is 54.6 Å². The summed E-state index contributed by atoms with van der Waals surface area (Å²) in [6, 6.07) is 18.0. The first-order chi connectivity index (χ1) is 9.79. The number of benzene rings is 2. The van der Waals surface area contributed by atoms with Crippen molar-refractivity contribution in [2.24, 2.45) is 0 Å². The van der Waals surface area contributed by atoms with E-state index in [-0.39, 0.29) is 6.04 Å². The van der Waals surface area contributed by atoms with Crippen molar-refractivity contribution in [3.63, 3.8) is 0 Å². The minimum atomic E-state index is 0.174. The van der Waals surface area contributed by atoms with E-state index < -0.39 is 0 Å². The van der Waals surface area contributed by atoms with Crippen molar-refractivity contribution in [1.82, 2.24) is 5.32 Å². The Kier molecular flexibility index (Phi) is 5.90. The Labute approximate surface area is 125 Å². The van der Waals surface area contributed by atoms with E-state index in [0.29, 0.717) is 6.61 Å². The van der Waals surface area contributed by atoms with E-state index >= 15 is 0 Å². The molecule has 0 spiro atoms. The lowest BCUT2D eigenvalue weighted by molar-refractivity contribution is 0.266. The highest BCUT2D eigenvalue weighted by molar-refractivity contribution is 6.30. The fourth-order valence-corrected chi connectivity index (χ4v) is 2.11. The quantitative estimate of drug-likeness (QED) is 0.812. The van der Waals surface area contributed by atoms with Gasteiger partial charge in [-0.05, 0) is 42.8 Å². The molecule has 0 aliphatic heterocycles. The number of hydrogen-bond donors (Lipinski definition) is 1. The summed E-state index contributed by atoms with van der Waals surface area (Å²) in [6.07, 6.45) is 1.09. The van der Waals surface area contributed by atoms with Crippen LogP contribution in [0.5, 0.6) is 5.75 Å². The van der Waals surface area contributed by atoms with Gasteiger partial charge in [0.2, 0.25) is 0 Å². The summed E-state index contributed by atoms with van der Waals surface area (Å²) >= 11 is 5.94. The zero-order chi connectivity index (χ0) is 14.2. The van der Waals surface area contributed by atoms with Gasteiger partial charge in [-0.1, -0.05) is 48.9 Å². The molecule has 0 bridgehead atoms. The molecule has 0 saturated heterocycles. The van der Waals surface area contributed by atoms with Gasteiger partial charge in [-0.25, -0.2) is 0 Å². The summed E-state index contributed by atoms with van der Waals surface area (Å²) in [4.78, 5) is 0. The second kappa shape index (κ2) is 7.93. The molecular weight excluding hydrogens is 270 g/mol. The predicted molar refractivity (Wildman–Crippen MR) is 84.4 cm³/mol. The Hall–Kier alpha value is -1.51. The highest BCUT2D eigenvalue weighted by Gasteiger charge is 2.11. The minimum Gasteiger partial charge on any atom is -0.492 e. The van der Waals surface area contributed by atoms with Gasteiger partial charge >= 0.3 is 0 Å². The van der Waals surface area contributed by atoms with Crippen LogP contribution < -0.4 is 10.1 Å². The standard InChI is InChI=1S/C17H20ClNO/c1-2-12-19-17(14-8-10-15(18)11-9-14)13-20-16-6-4-3-5-7-16/h3-11,17,19H,2,12-13H2,1H3. The molecule has 0 aromatic heterocycles. The summed E-state index contributed by atoms with van der Waals surface area (Å²) < 4.78 is 5.85. The molecule has 3 heteroatoms. The second-order valence-electron chi connectivity index (χ2n) is 4.68. The fraction of sp³-hybridized carbons (Fsp3) is 0.294. The van der Waals surface area contributed by atoms with Crippen LogP contribution in [0, 0.1) is 0 Å². The zero-order valence-corrected chi connectivity index (χ0v) is 12.4. The highest BCUT2D eigenvalue weighted by atomic mass is 35.5. The minimum absolute atomic E-state index is 0.174. The third-order valence-corrected chi connectivity index (χ3v) is 3.32. The van der Waals surface area contributed by atoms with Gasteiger partial charge in [0.05, 0.1) is 6.04 Å². The van der Waals surface area contributed by atoms with Crippen molar-refractivity contribution < 1.29 is 4.74 Å². The summed E-state index contributed by atoms with van der Waals surface area (Å²) in [6.45, 7) is 3.72. The number of para-hydroxylation sites is 1. The number of nitrogens with one attached hydrogen (secondary N) is 1. The van der Waals surface area contributed by atoms with Gasteiger partial charge in [0.1, 0.15) is 12.4 Å². The summed E-state index contributed by atoms with van der Waals surface area (Å²) in [7, 11) is 0. The summed E-state index contributed by atoms with van der Waals surface area (Å²) in [5.41, 5.74) is 1.19. The third-order valence-electron chi connectivity index (χ3n) is 3.07. The Morgan fingerprint density at radius 1 is 1.05 bits per heavy atom. The van der Waals surface area contributed by atoms with E-state index in [9.17, 15) is 0 Å². The lowest BCUT2D eigenvalue weighted by atomic mass is 10.1. The van der Waals surface area contributed by atoms with Crippen LogP contribution in [0.25, 0.3) is 0 Å². The van der Waals surface area contributed by atoms with Crippen LogP contribution >= 0.6 is 11.6 Å². The maximum atomic E-state index is 5.94. The average Bonchev–Trinajstić information content (AvgIpc) is 2.50. The van der Waals surface area contributed by atoms with E-state index in [1.54, 1.807) is 0 Å². The molecule has 0 radical (unpaired) electrons. The van der Waals surface area contributed by atoms with E-state index in [1.807, 2.05) is 54.6 Å². The van der Waals surface area contributed by atoms with Crippen molar-refractivity contribution >= 4 is 11.6 Å². The molecule has 0 heterocycles. The molecule has 0 amide bonds. The van der Waals surface area contributed by atoms with Crippen LogP contribution in [0.4, 0.5) is 0 Å². The zero-order valence-electron chi connectivity index (χ0n) is 11.7. The Balaban J connectivity index is 2.01. The predicted octanol–water partition coefficient (Wildman–Crippen LogP) is 4.46.